The first-order chi connectivity index (χ1) is 9.95. The molecule has 7 heteroatoms. The average Bonchev–Trinajstić information content (AvgIpc) is 2.87. The molecule has 1 heterocycles. The summed E-state index contributed by atoms with van der Waals surface area (Å²) in [6, 6.07) is 13.3. The van der Waals surface area contributed by atoms with Gasteiger partial charge in [-0.05, 0) is 24.3 Å². The molecule has 0 saturated carbocycles. The third-order valence-electron chi connectivity index (χ3n) is 2.87. The normalized spacial score (nSPS) is 11.7. The predicted molar refractivity (Wildman–Crippen MR) is 85.7 cm³/mol. The number of furan rings is 1. The van der Waals surface area contributed by atoms with E-state index in [1.165, 1.54) is 12.1 Å². The van der Waals surface area contributed by atoms with E-state index in [9.17, 15) is 8.42 Å². The van der Waals surface area contributed by atoms with E-state index in [0.717, 1.165) is 5.39 Å². The van der Waals surface area contributed by atoms with Crippen LogP contribution in [0.4, 0.5) is 5.69 Å². The van der Waals surface area contributed by atoms with Gasteiger partial charge in [-0.1, -0.05) is 29.8 Å². The first-order valence-electron chi connectivity index (χ1n) is 5.96. The first-order valence-corrected chi connectivity index (χ1v) is 8.26. The number of benzene rings is 2. The number of para-hydroxylation sites is 1. The van der Waals surface area contributed by atoms with E-state index in [1.807, 2.05) is 6.07 Å². The van der Waals surface area contributed by atoms with Crippen molar-refractivity contribution in [2.75, 3.05) is 4.72 Å². The minimum Gasteiger partial charge on any atom is -0.443 e. The molecule has 1 N–H and O–H groups in total. The smallest absolute Gasteiger partial charge is 0.295 e. The van der Waals surface area contributed by atoms with Crippen molar-refractivity contribution in [2.24, 2.45) is 0 Å². The second-order valence-corrected chi connectivity index (χ2v) is 6.90. The van der Waals surface area contributed by atoms with E-state index in [1.54, 1.807) is 30.3 Å². The maximum absolute atomic E-state index is 12.4. The van der Waals surface area contributed by atoms with Crippen LogP contribution in [0.25, 0.3) is 11.0 Å². The minimum absolute atomic E-state index is 0.156. The van der Waals surface area contributed by atoms with E-state index in [0.29, 0.717) is 21.2 Å². The number of halogens is 1. The summed E-state index contributed by atoms with van der Waals surface area (Å²) >= 11 is 10.1. The topological polar surface area (TPSA) is 59.3 Å². The Balaban J connectivity index is 2.02. The largest absolute Gasteiger partial charge is 0.443 e. The Morgan fingerprint density at radius 2 is 1.86 bits per heavy atom. The quantitative estimate of drug-likeness (QED) is 0.704. The van der Waals surface area contributed by atoms with Crippen LogP contribution >= 0.6 is 24.2 Å². The molecule has 0 saturated heterocycles. The molecule has 0 atom stereocenters. The molecule has 2 aromatic carbocycles. The Hall–Kier alpha value is -1.63. The van der Waals surface area contributed by atoms with Crippen molar-refractivity contribution < 1.29 is 12.8 Å². The van der Waals surface area contributed by atoms with Gasteiger partial charge >= 0.3 is 0 Å². The number of thiol groups is 1. The first kappa shape index (κ1) is 14.3. The highest BCUT2D eigenvalue weighted by Gasteiger charge is 2.20. The zero-order chi connectivity index (χ0) is 15.0. The van der Waals surface area contributed by atoms with Gasteiger partial charge in [0.05, 0.1) is 5.69 Å². The number of hydrogen-bond donors (Lipinski definition) is 2. The van der Waals surface area contributed by atoms with E-state index in [4.69, 9.17) is 16.0 Å². The highest BCUT2D eigenvalue weighted by molar-refractivity contribution is 7.92. The molecule has 0 fully saturated rings. The highest BCUT2D eigenvalue weighted by Crippen LogP contribution is 2.28. The fraction of sp³-hybridized carbons (Fsp3) is 0. The van der Waals surface area contributed by atoms with Gasteiger partial charge in [0.2, 0.25) is 5.09 Å². The molecule has 0 radical (unpaired) electrons. The van der Waals surface area contributed by atoms with Gasteiger partial charge in [0.1, 0.15) is 5.58 Å². The molecule has 0 spiro atoms. The van der Waals surface area contributed by atoms with E-state index < -0.39 is 10.0 Å². The van der Waals surface area contributed by atoms with Crippen molar-refractivity contribution in [3.05, 3.63) is 53.6 Å². The zero-order valence-electron chi connectivity index (χ0n) is 10.6. The summed E-state index contributed by atoms with van der Waals surface area (Å²) in [4.78, 5) is 0.471. The number of sulfonamides is 1. The van der Waals surface area contributed by atoms with Crippen molar-refractivity contribution in [1.29, 1.82) is 0 Å². The van der Waals surface area contributed by atoms with Gasteiger partial charge in [-0.15, -0.1) is 12.6 Å². The summed E-state index contributed by atoms with van der Waals surface area (Å²) in [5.74, 6) is 0. The summed E-state index contributed by atoms with van der Waals surface area (Å²) in [7, 11) is -3.84. The standard InChI is InChI=1S/C14H10ClNO3S2/c15-10-5-6-13(20)11(8-10)16-21(17,18)14-7-9-3-1-2-4-12(9)19-14/h1-8,16,20H. The second-order valence-electron chi connectivity index (χ2n) is 4.37. The molecule has 0 unspecified atom stereocenters. The van der Waals surface area contributed by atoms with Crippen molar-refractivity contribution in [3.8, 4) is 0 Å². The molecule has 21 heavy (non-hydrogen) atoms. The molecule has 0 aliphatic heterocycles. The Morgan fingerprint density at radius 1 is 1.10 bits per heavy atom. The lowest BCUT2D eigenvalue weighted by Gasteiger charge is -2.08. The molecule has 108 valence electrons. The van der Waals surface area contributed by atoms with Crippen LogP contribution in [-0.2, 0) is 10.0 Å². The van der Waals surface area contributed by atoms with Crippen LogP contribution in [0.2, 0.25) is 5.02 Å². The Bertz CT molecular complexity index is 886. The van der Waals surface area contributed by atoms with Gasteiger partial charge < -0.3 is 4.42 Å². The lowest BCUT2D eigenvalue weighted by Crippen LogP contribution is -2.12. The molecular weight excluding hydrogens is 330 g/mol. The lowest BCUT2D eigenvalue weighted by molar-refractivity contribution is 0.484. The lowest BCUT2D eigenvalue weighted by atomic mass is 10.3. The third-order valence-corrected chi connectivity index (χ3v) is 4.72. The van der Waals surface area contributed by atoms with Crippen molar-refractivity contribution >= 4 is 50.9 Å². The Labute approximate surface area is 132 Å². The van der Waals surface area contributed by atoms with Gasteiger partial charge in [0.25, 0.3) is 10.0 Å². The van der Waals surface area contributed by atoms with E-state index >= 15 is 0 Å². The molecule has 0 bridgehead atoms. The number of anilines is 1. The van der Waals surface area contributed by atoms with Gasteiger partial charge in [-0.3, -0.25) is 4.72 Å². The summed E-state index contributed by atoms with van der Waals surface area (Å²) in [6.07, 6.45) is 0. The van der Waals surface area contributed by atoms with Crippen LogP contribution in [0.5, 0.6) is 0 Å². The van der Waals surface area contributed by atoms with Crippen LogP contribution < -0.4 is 4.72 Å². The van der Waals surface area contributed by atoms with Gasteiger partial charge in [0, 0.05) is 21.4 Å². The van der Waals surface area contributed by atoms with Crippen LogP contribution in [0.1, 0.15) is 0 Å². The second kappa shape index (κ2) is 5.29. The molecule has 3 aromatic rings. The van der Waals surface area contributed by atoms with Crippen molar-refractivity contribution in [1.82, 2.24) is 0 Å². The zero-order valence-corrected chi connectivity index (χ0v) is 13.0. The highest BCUT2D eigenvalue weighted by atomic mass is 35.5. The number of nitrogens with one attached hydrogen (secondary N) is 1. The Kier molecular flexibility index (Phi) is 3.61. The number of rotatable bonds is 3. The van der Waals surface area contributed by atoms with Gasteiger partial charge in [-0.25, -0.2) is 0 Å². The van der Waals surface area contributed by atoms with Gasteiger partial charge in [-0.2, -0.15) is 8.42 Å². The average molecular weight is 340 g/mol. The van der Waals surface area contributed by atoms with Crippen molar-refractivity contribution in [2.45, 2.75) is 9.99 Å². The summed E-state index contributed by atoms with van der Waals surface area (Å²) in [6.45, 7) is 0. The summed E-state index contributed by atoms with van der Waals surface area (Å²) in [5.41, 5.74) is 0.807. The van der Waals surface area contributed by atoms with E-state index in [-0.39, 0.29) is 5.09 Å². The van der Waals surface area contributed by atoms with E-state index in [2.05, 4.69) is 17.4 Å². The van der Waals surface area contributed by atoms with Crippen LogP contribution in [0, 0.1) is 0 Å². The SMILES string of the molecule is O=S(=O)(Nc1cc(Cl)ccc1S)c1cc2ccccc2o1. The summed E-state index contributed by atoms with van der Waals surface area (Å²) in [5, 5.41) is 0.974. The predicted octanol–water partition coefficient (Wildman–Crippen LogP) is 4.18. The molecule has 1 aromatic heterocycles. The molecule has 0 aliphatic rings. The third kappa shape index (κ3) is 2.88. The van der Waals surface area contributed by atoms with Gasteiger partial charge in [0.15, 0.2) is 0 Å². The van der Waals surface area contributed by atoms with Crippen LogP contribution in [-0.4, -0.2) is 8.42 Å². The monoisotopic (exact) mass is 339 g/mol. The maximum atomic E-state index is 12.4. The number of fused-ring (bicyclic) bond motifs is 1. The van der Waals surface area contributed by atoms with Crippen LogP contribution in [0.15, 0.2) is 62.9 Å². The van der Waals surface area contributed by atoms with Crippen LogP contribution in [0.3, 0.4) is 0 Å². The molecule has 3 rings (SSSR count). The Morgan fingerprint density at radius 3 is 2.62 bits per heavy atom. The molecule has 4 nitrogen and oxygen atoms in total. The minimum atomic E-state index is -3.84. The van der Waals surface area contributed by atoms with Crippen molar-refractivity contribution in [3.63, 3.8) is 0 Å². The number of hydrogen-bond acceptors (Lipinski definition) is 4. The summed E-state index contributed by atoms with van der Waals surface area (Å²) < 4.78 is 32.5. The fourth-order valence-electron chi connectivity index (χ4n) is 1.88. The molecule has 0 amide bonds. The molecule has 0 aliphatic carbocycles. The molecular formula is C14H10ClNO3S2. The fourth-order valence-corrected chi connectivity index (χ4v) is 3.36. The maximum Gasteiger partial charge on any atom is 0.295 e.